The fraction of sp³-hybridized carbons (Fsp3) is 0.360. The number of nitrogens with zero attached hydrogens (tertiary/aromatic N) is 2. The molecule has 2 heterocycles. The summed E-state index contributed by atoms with van der Waals surface area (Å²) in [7, 11) is 1.59. The van der Waals surface area contributed by atoms with E-state index in [0.717, 1.165) is 16.5 Å². The Morgan fingerprint density at radius 1 is 1.23 bits per heavy atom. The van der Waals surface area contributed by atoms with Gasteiger partial charge in [-0.25, -0.2) is 0 Å². The zero-order chi connectivity index (χ0) is 25.5. The van der Waals surface area contributed by atoms with E-state index in [2.05, 4.69) is 6.07 Å². The number of hydrogen-bond acceptors (Lipinski definition) is 8. The molecular formula is C25H29N3O7. The summed E-state index contributed by atoms with van der Waals surface area (Å²) in [6.07, 6.45) is -0.552. The minimum Gasteiger partial charge on any atom is -0.497 e. The number of amides is 1. The van der Waals surface area contributed by atoms with Gasteiger partial charge in [0.1, 0.15) is 5.75 Å². The van der Waals surface area contributed by atoms with E-state index >= 15 is 0 Å². The molecule has 6 N–H and O–H groups in total. The van der Waals surface area contributed by atoms with Crippen LogP contribution in [0.5, 0.6) is 5.75 Å². The van der Waals surface area contributed by atoms with Gasteiger partial charge in [0.15, 0.2) is 6.29 Å². The highest BCUT2D eigenvalue weighted by atomic mass is 16.6. The van der Waals surface area contributed by atoms with Crippen molar-refractivity contribution < 1.29 is 34.7 Å². The molecule has 186 valence electrons. The standard InChI is InChI=1S/C18H15N3O2.C7H14O5/c1-23-14-6-7-15-16(18(20)22)11-21(17(15)8-14)10-13-5-3-2-4-12(13)9-19;8-2-4-1-6(10)5(3-9)7(11)12-4/h2-8,11H,10H2,1H3,(H2,20,22);4-11H,1-3H2. The van der Waals surface area contributed by atoms with Crippen LogP contribution in [0.1, 0.15) is 27.9 Å². The third-order valence-corrected chi connectivity index (χ3v) is 5.94. The van der Waals surface area contributed by atoms with Crippen molar-refractivity contribution in [2.24, 2.45) is 11.7 Å². The molecule has 0 bridgehead atoms. The summed E-state index contributed by atoms with van der Waals surface area (Å²) in [5.74, 6) is -0.443. The molecule has 1 fully saturated rings. The van der Waals surface area contributed by atoms with Gasteiger partial charge in [-0.1, -0.05) is 18.2 Å². The van der Waals surface area contributed by atoms with Crippen molar-refractivity contribution in [2.45, 2.75) is 31.5 Å². The molecule has 4 atom stereocenters. The fourth-order valence-corrected chi connectivity index (χ4v) is 3.99. The largest absolute Gasteiger partial charge is 0.497 e. The van der Waals surface area contributed by atoms with Gasteiger partial charge in [0.2, 0.25) is 0 Å². The van der Waals surface area contributed by atoms with Gasteiger partial charge < -0.3 is 40.2 Å². The average Bonchev–Trinajstić information content (AvgIpc) is 3.22. The first kappa shape index (κ1) is 26.2. The molecule has 1 saturated heterocycles. The number of nitrogens with two attached hydrogens (primary N) is 1. The van der Waals surface area contributed by atoms with Gasteiger partial charge in [-0.05, 0) is 23.8 Å². The number of nitriles is 1. The van der Waals surface area contributed by atoms with Crippen molar-refractivity contribution in [3.8, 4) is 11.8 Å². The molecule has 4 unspecified atom stereocenters. The average molecular weight is 484 g/mol. The van der Waals surface area contributed by atoms with Crippen LogP contribution in [0, 0.1) is 17.2 Å². The van der Waals surface area contributed by atoms with Crippen LogP contribution < -0.4 is 10.5 Å². The third kappa shape index (κ3) is 5.97. The third-order valence-electron chi connectivity index (χ3n) is 5.94. The Bertz CT molecular complexity index is 1190. The van der Waals surface area contributed by atoms with E-state index in [1.165, 1.54) is 0 Å². The summed E-state index contributed by atoms with van der Waals surface area (Å²) in [5.41, 5.74) is 8.26. The van der Waals surface area contributed by atoms with Crippen LogP contribution in [0.3, 0.4) is 0 Å². The zero-order valence-electron chi connectivity index (χ0n) is 19.2. The first-order chi connectivity index (χ1) is 16.8. The molecular weight excluding hydrogens is 454 g/mol. The quantitative estimate of drug-likeness (QED) is 0.341. The Morgan fingerprint density at radius 3 is 2.57 bits per heavy atom. The molecule has 1 aliphatic heterocycles. The first-order valence-electron chi connectivity index (χ1n) is 11.0. The normalized spacial score (nSPS) is 21.6. The first-order valence-corrected chi connectivity index (χ1v) is 11.0. The zero-order valence-corrected chi connectivity index (χ0v) is 19.2. The summed E-state index contributed by atoms with van der Waals surface area (Å²) in [6.45, 7) is -0.0760. The Hall–Kier alpha value is -3.46. The van der Waals surface area contributed by atoms with Gasteiger partial charge in [0.05, 0.1) is 61.2 Å². The number of aliphatic hydroxyl groups is 4. The Kier molecular flexibility index (Phi) is 8.81. The van der Waals surface area contributed by atoms with Gasteiger partial charge in [0.25, 0.3) is 5.91 Å². The molecule has 0 aliphatic carbocycles. The number of benzene rings is 2. The van der Waals surface area contributed by atoms with Crippen molar-refractivity contribution in [1.82, 2.24) is 4.57 Å². The molecule has 35 heavy (non-hydrogen) atoms. The lowest BCUT2D eigenvalue weighted by molar-refractivity contribution is -0.237. The maximum absolute atomic E-state index is 11.7. The molecule has 2 aromatic carbocycles. The van der Waals surface area contributed by atoms with E-state index in [1.807, 2.05) is 34.9 Å². The second-order valence-electron chi connectivity index (χ2n) is 8.17. The lowest BCUT2D eigenvalue weighted by Gasteiger charge is -2.35. The monoisotopic (exact) mass is 483 g/mol. The van der Waals surface area contributed by atoms with Crippen molar-refractivity contribution >= 4 is 16.8 Å². The summed E-state index contributed by atoms with van der Waals surface area (Å²) in [5, 5.41) is 45.9. The Labute approximate surface area is 202 Å². The number of carbonyl (C=O) groups is 1. The Balaban J connectivity index is 0.000000241. The highest BCUT2D eigenvalue weighted by Crippen LogP contribution is 2.27. The van der Waals surface area contributed by atoms with E-state index in [9.17, 15) is 20.3 Å². The number of carbonyl (C=O) groups excluding carboxylic acids is 1. The van der Waals surface area contributed by atoms with Gasteiger partial charge in [-0.2, -0.15) is 5.26 Å². The van der Waals surface area contributed by atoms with E-state index in [1.54, 1.807) is 25.4 Å². The summed E-state index contributed by atoms with van der Waals surface area (Å²) in [6, 6.07) is 15.0. The van der Waals surface area contributed by atoms with E-state index in [-0.39, 0.29) is 19.6 Å². The van der Waals surface area contributed by atoms with Crippen LogP contribution in [0.4, 0.5) is 0 Å². The maximum atomic E-state index is 11.7. The number of rotatable bonds is 6. The second-order valence-corrected chi connectivity index (χ2v) is 8.17. The van der Waals surface area contributed by atoms with Crippen molar-refractivity contribution in [3.63, 3.8) is 0 Å². The van der Waals surface area contributed by atoms with Crippen molar-refractivity contribution in [3.05, 3.63) is 65.4 Å². The van der Waals surface area contributed by atoms with Gasteiger partial charge in [0, 0.05) is 30.6 Å². The summed E-state index contributed by atoms with van der Waals surface area (Å²) >= 11 is 0. The predicted octanol–water partition coefficient (Wildman–Crippen LogP) is 0.724. The molecule has 1 aliphatic rings. The molecule has 4 rings (SSSR count). The smallest absolute Gasteiger partial charge is 0.250 e. The van der Waals surface area contributed by atoms with Crippen LogP contribution in [-0.2, 0) is 11.3 Å². The number of aliphatic hydroxyl groups excluding tert-OH is 4. The molecule has 1 aromatic heterocycles. The van der Waals surface area contributed by atoms with Gasteiger partial charge in [-0.15, -0.1) is 0 Å². The van der Waals surface area contributed by atoms with Crippen LogP contribution in [-0.4, -0.2) is 69.7 Å². The lowest BCUT2D eigenvalue weighted by Crippen LogP contribution is -2.46. The molecule has 10 nitrogen and oxygen atoms in total. The second kappa shape index (κ2) is 11.8. The molecule has 3 aromatic rings. The predicted molar refractivity (Wildman–Crippen MR) is 126 cm³/mol. The van der Waals surface area contributed by atoms with Crippen LogP contribution in [0.25, 0.3) is 10.9 Å². The van der Waals surface area contributed by atoms with Gasteiger partial charge in [-0.3, -0.25) is 4.79 Å². The molecule has 0 saturated carbocycles. The highest BCUT2D eigenvalue weighted by molar-refractivity contribution is 6.06. The summed E-state index contributed by atoms with van der Waals surface area (Å²) in [4.78, 5) is 11.7. The summed E-state index contributed by atoms with van der Waals surface area (Å²) < 4.78 is 12.1. The van der Waals surface area contributed by atoms with Crippen LogP contribution in [0.15, 0.2) is 48.7 Å². The van der Waals surface area contributed by atoms with Crippen LogP contribution in [0.2, 0.25) is 0 Å². The van der Waals surface area contributed by atoms with E-state index in [0.29, 0.717) is 23.4 Å². The van der Waals surface area contributed by atoms with E-state index < -0.39 is 30.3 Å². The van der Waals surface area contributed by atoms with Crippen LogP contribution >= 0.6 is 0 Å². The number of ether oxygens (including phenoxy) is 2. The minimum absolute atomic E-state index is 0.230. The van der Waals surface area contributed by atoms with Crippen molar-refractivity contribution in [1.29, 1.82) is 5.26 Å². The molecule has 10 heteroatoms. The number of primary amides is 1. The lowest BCUT2D eigenvalue weighted by atomic mass is 9.94. The minimum atomic E-state index is -1.18. The highest BCUT2D eigenvalue weighted by Gasteiger charge is 2.35. The number of hydrogen-bond donors (Lipinski definition) is 5. The Morgan fingerprint density at radius 2 is 1.97 bits per heavy atom. The van der Waals surface area contributed by atoms with Crippen molar-refractivity contribution in [2.75, 3.05) is 20.3 Å². The van der Waals surface area contributed by atoms with E-state index in [4.69, 9.17) is 25.4 Å². The maximum Gasteiger partial charge on any atom is 0.250 e. The molecule has 0 spiro atoms. The SMILES string of the molecule is COc1ccc2c(C(N)=O)cn(Cc3ccccc3C#N)c2c1.OCC1CC(O)C(CO)C(O)O1. The van der Waals surface area contributed by atoms with Gasteiger partial charge >= 0.3 is 0 Å². The molecule has 0 radical (unpaired) electrons. The number of aromatic nitrogens is 1. The fourth-order valence-electron chi connectivity index (χ4n) is 3.99. The topological polar surface area (TPSA) is 171 Å². The number of methoxy groups -OCH3 is 1. The molecule has 1 amide bonds. The number of fused-ring (bicyclic) bond motifs is 1.